The molecule has 1 aliphatic heterocycles. The summed E-state index contributed by atoms with van der Waals surface area (Å²) in [5, 5.41) is 0. The van der Waals surface area contributed by atoms with Crippen molar-refractivity contribution in [1.29, 1.82) is 0 Å². The van der Waals surface area contributed by atoms with E-state index in [9.17, 15) is 19.2 Å². The number of esters is 4. The van der Waals surface area contributed by atoms with E-state index < -0.39 is 60.2 Å². The highest BCUT2D eigenvalue weighted by Gasteiger charge is 2.54. The molecule has 0 N–H and O–H groups in total. The van der Waals surface area contributed by atoms with Crippen LogP contribution in [0, 0.1) is 0 Å². The largest absolute Gasteiger partial charge is 0.463 e. The molecule has 0 saturated carbocycles. The molecule has 5 atom stereocenters. The second-order valence-corrected chi connectivity index (χ2v) is 11.0. The van der Waals surface area contributed by atoms with Gasteiger partial charge < -0.3 is 28.4 Å². The van der Waals surface area contributed by atoms with Gasteiger partial charge in [0.2, 0.25) is 0 Å². The van der Waals surface area contributed by atoms with Gasteiger partial charge in [0.25, 0.3) is 0 Å². The predicted octanol–water partition coefficient (Wildman–Crippen LogP) is 2.43. The fourth-order valence-corrected chi connectivity index (χ4v) is 4.33. The van der Waals surface area contributed by atoms with Crippen molar-refractivity contribution in [3.63, 3.8) is 0 Å². The van der Waals surface area contributed by atoms with Gasteiger partial charge in [-0.15, -0.1) is 0 Å². The van der Waals surface area contributed by atoms with E-state index in [1.165, 1.54) is 27.7 Å². The fourth-order valence-electron chi connectivity index (χ4n) is 3.65. The molecule has 32 heavy (non-hydrogen) atoms. The zero-order valence-electron chi connectivity index (χ0n) is 19.8. The highest BCUT2D eigenvalue weighted by molar-refractivity contribution is 9.10. The number of carbonyl (C=O) groups excluding carboxylic acids is 4. The molecule has 0 radical (unpaired) electrons. The van der Waals surface area contributed by atoms with Crippen LogP contribution in [0.2, 0.25) is 0 Å². The molecule has 0 aromatic carbocycles. The Balaban J connectivity index is 3.39. The van der Waals surface area contributed by atoms with Gasteiger partial charge in [0, 0.05) is 32.0 Å². The van der Waals surface area contributed by atoms with Gasteiger partial charge >= 0.3 is 23.9 Å². The van der Waals surface area contributed by atoms with E-state index in [2.05, 4.69) is 15.9 Å². The first-order chi connectivity index (χ1) is 14.5. The number of carbonyl (C=O) groups is 4. The molecule has 1 rings (SSSR count). The number of ether oxygens (including phenoxy) is 6. The van der Waals surface area contributed by atoms with E-state index in [0.29, 0.717) is 6.42 Å². The maximum atomic E-state index is 11.9. The summed E-state index contributed by atoms with van der Waals surface area (Å²) >= 11 is 3.58. The molecule has 0 aromatic rings. The van der Waals surface area contributed by atoms with Gasteiger partial charge in [-0.05, 0) is 34.1 Å². The van der Waals surface area contributed by atoms with E-state index in [-0.39, 0.29) is 10.9 Å². The Kier molecular flexibility index (Phi) is 10.1. The highest BCUT2D eigenvalue weighted by atomic mass is 79.9. The standard InChI is InChI=1S/C21H33BrO10/c1-11(23)27-9-15-16(28-12(2)24)17(29-13(3)25)18(30-14(4)26)19(31-15)32-21(7,8)10-20(5,6)22/h15-19H,9-10H2,1-8H3. The van der Waals surface area contributed by atoms with Crippen LogP contribution < -0.4 is 0 Å². The smallest absolute Gasteiger partial charge is 0.303 e. The number of alkyl halides is 1. The maximum absolute atomic E-state index is 11.9. The molecular weight excluding hydrogens is 492 g/mol. The van der Waals surface area contributed by atoms with Crippen LogP contribution in [0.25, 0.3) is 0 Å². The van der Waals surface area contributed by atoms with Gasteiger partial charge in [0.1, 0.15) is 12.7 Å². The molecule has 184 valence electrons. The lowest BCUT2D eigenvalue weighted by Gasteiger charge is -2.46. The Hall–Kier alpha value is -1.72. The molecule has 5 unspecified atom stereocenters. The van der Waals surface area contributed by atoms with Gasteiger partial charge in [0.15, 0.2) is 24.6 Å². The number of hydrogen-bond donors (Lipinski definition) is 0. The van der Waals surface area contributed by atoms with Crippen molar-refractivity contribution in [2.24, 2.45) is 0 Å². The first kappa shape index (κ1) is 28.3. The predicted molar refractivity (Wildman–Crippen MR) is 115 cm³/mol. The highest BCUT2D eigenvalue weighted by Crippen LogP contribution is 2.36. The van der Waals surface area contributed by atoms with Crippen molar-refractivity contribution >= 4 is 39.8 Å². The fraction of sp³-hybridized carbons (Fsp3) is 0.810. The molecule has 11 heteroatoms. The molecule has 1 saturated heterocycles. The summed E-state index contributed by atoms with van der Waals surface area (Å²) in [5.74, 6) is -2.65. The quantitative estimate of drug-likeness (QED) is 0.252. The van der Waals surface area contributed by atoms with Gasteiger partial charge in [-0.3, -0.25) is 19.2 Å². The minimum Gasteiger partial charge on any atom is -0.463 e. The van der Waals surface area contributed by atoms with Crippen molar-refractivity contribution in [3.8, 4) is 0 Å². The lowest BCUT2D eigenvalue weighted by molar-refractivity contribution is -0.328. The topological polar surface area (TPSA) is 124 Å². The Labute approximate surface area is 196 Å². The zero-order valence-corrected chi connectivity index (χ0v) is 21.3. The van der Waals surface area contributed by atoms with Crippen LogP contribution in [0.15, 0.2) is 0 Å². The third-order valence-electron chi connectivity index (χ3n) is 4.23. The minimum atomic E-state index is -1.26. The summed E-state index contributed by atoms with van der Waals surface area (Å²) in [7, 11) is 0. The second-order valence-electron chi connectivity index (χ2n) is 8.84. The third-order valence-corrected chi connectivity index (χ3v) is 4.51. The minimum absolute atomic E-state index is 0.283. The van der Waals surface area contributed by atoms with Crippen molar-refractivity contribution < 1.29 is 47.6 Å². The summed E-state index contributed by atoms with van der Waals surface area (Å²) in [6, 6.07) is 0. The lowest BCUT2D eigenvalue weighted by Crippen LogP contribution is -2.64. The maximum Gasteiger partial charge on any atom is 0.303 e. The van der Waals surface area contributed by atoms with E-state index >= 15 is 0 Å². The molecule has 0 bridgehead atoms. The van der Waals surface area contributed by atoms with E-state index in [0.717, 1.165) is 0 Å². The molecule has 1 fully saturated rings. The normalized spacial score (nSPS) is 26.1. The second kappa shape index (κ2) is 11.4. The van der Waals surface area contributed by atoms with Crippen LogP contribution in [0.5, 0.6) is 0 Å². The number of halogens is 1. The number of hydrogen-bond acceptors (Lipinski definition) is 10. The monoisotopic (exact) mass is 524 g/mol. The molecule has 0 aromatic heterocycles. The van der Waals surface area contributed by atoms with Crippen LogP contribution in [0.4, 0.5) is 0 Å². The summed E-state index contributed by atoms with van der Waals surface area (Å²) in [6.07, 6.45) is -5.43. The Morgan fingerprint density at radius 3 is 1.69 bits per heavy atom. The number of rotatable bonds is 9. The van der Waals surface area contributed by atoms with E-state index in [1.54, 1.807) is 0 Å². The molecule has 1 heterocycles. The summed E-state index contributed by atoms with van der Waals surface area (Å²) < 4.78 is 33.0. The SMILES string of the molecule is CC(=O)OCC1OC(OC(C)(C)CC(C)(C)Br)C(OC(C)=O)C(OC(C)=O)C1OC(C)=O. The summed E-state index contributed by atoms with van der Waals surface area (Å²) in [5.41, 5.74) is -0.781. The van der Waals surface area contributed by atoms with E-state index in [4.69, 9.17) is 28.4 Å². The Bertz CT molecular complexity index is 699. The Morgan fingerprint density at radius 1 is 0.781 bits per heavy atom. The first-order valence-corrected chi connectivity index (χ1v) is 11.0. The molecule has 0 aliphatic carbocycles. The molecule has 1 aliphatic rings. The van der Waals surface area contributed by atoms with Crippen LogP contribution in [-0.4, -0.2) is 71.1 Å². The Morgan fingerprint density at radius 2 is 1.25 bits per heavy atom. The van der Waals surface area contributed by atoms with Crippen LogP contribution >= 0.6 is 15.9 Å². The van der Waals surface area contributed by atoms with Gasteiger partial charge in [-0.25, -0.2) is 0 Å². The van der Waals surface area contributed by atoms with Gasteiger partial charge in [0.05, 0.1) is 5.60 Å². The van der Waals surface area contributed by atoms with Crippen molar-refractivity contribution in [2.75, 3.05) is 6.61 Å². The zero-order chi connectivity index (χ0) is 24.9. The molecular formula is C21H33BrO10. The molecule has 10 nitrogen and oxygen atoms in total. The van der Waals surface area contributed by atoms with E-state index in [1.807, 2.05) is 27.7 Å². The van der Waals surface area contributed by atoms with Crippen molar-refractivity contribution in [2.45, 2.75) is 102 Å². The average Bonchev–Trinajstić information content (AvgIpc) is 2.54. The van der Waals surface area contributed by atoms with Crippen molar-refractivity contribution in [3.05, 3.63) is 0 Å². The van der Waals surface area contributed by atoms with Gasteiger partial charge in [-0.1, -0.05) is 15.9 Å². The average molecular weight is 525 g/mol. The molecule has 0 amide bonds. The van der Waals surface area contributed by atoms with Crippen LogP contribution in [0.1, 0.15) is 61.8 Å². The lowest BCUT2D eigenvalue weighted by atomic mass is 9.94. The summed E-state index contributed by atoms with van der Waals surface area (Å²) in [4.78, 5) is 46.8. The summed E-state index contributed by atoms with van der Waals surface area (Å²) in [6.45, 7) is 12.0. The van der Waals surface area contributed by atoms with Crippen LogP contribution in [-0.2, 0) is 47.6 Å². The molecule has 0 spiro atoms. The van der Waals surface area contributed by atoms with Gasteiger partial charge in [-0.2, -0.15) is 0 Å². The van der Waals surface area contributed by atoms with Crippen molar-refractivity contribution in [1.82, 2.24) is 0 Å². The first-order valence-electron chi connectivity index (χ1n) is 10.2. The third kappa shape index (κ3) is 9.83. The van der Waals surface area contributed by atoms with Crippen LogP contribution in [0.3, 0.4) is 0 Å².